The molecule has 3 aliphatic rings. The molecule has 2 aliphatic heterocycles. The quantitative estimate of drug-likeness (QED) is 0.745. The fraction of sp³-hybridized carbons (Fsp3) is 0.609. The topological polar surface area (TPSA) is 81.8 Å². The van der Waals surface area contributed by atoms with Crippen LogP contribution in [0.4, 0.5) is 4.79 Å². The molecule has 1 aromatic carbocycles. The fourth-order valence-corrected chi connectivity index (χ4v) is 4.91. The van der Waals surface area contributed by atoms with Crippen LogP contribution in [0.15, 0.2) is 24.3 Å². The highest BCUT2D eigenvalue weighted by atomic mass is 16.2. The summed E-state index contributed by atoms with van der Waals surface area (Å²) in [5.74, 6) is 0.520. The first-order valence-corrected chi connectivity index (χ1v) is 11.1. The molecule has 0 atom stereocenters. The first kappa shape index (κ1) is 20.8. The van der Waals surface area contributed by atoms with Gasteiger partial charge >= 0.3 is 6.03 Å². The lowest BCUT2D eigenvalue weighted by Crippen LogP contribution is -2.51. The number of hydrogen-bond donors (Lipinski definition) is 2. The molecular weight excluding hydrogens is 380 g/mol. The Morgan fingerprint density at radius 3 is 2.47 bits per heavy atom. The van der Waals surface area contributed by atoms with E-state index in [2.05, 4.69) is 22.5 Å². The highest BCUT2D eigenvalue weighted by Crippen LogP contribution is 2.36. The van der Waals surface area contributed by atoms with Crippen molar-refractivity contribution in [3.8, 4) is 0 Å². The van der Waals surface area contributed by atoms with Crippen molar-refractivity contribution in [3.63, 3.8) is 0 Å². The van der Waals surface area contributed by atoms with Crippen molar-refractivity contribution in [2.24, 2.45) is 5.92 Å². The van der Waals surface area contributed by atoms with E-state index in [1.54, 1.807) is 0 Å². The molecule has 1 saturated carbocycles. The average Bonchev–Trinajstić information content (AvgIpc) is 2.96. The smallest absolute Gasteiger partial charge is 0.326 e. The van der Waals surface area contributed by atoms with E-state index in [0.717, 1.165) is 57.2 Å². The third kappa shape index (κ3) is 4.08. The summed E-state index contributed by atoms with van der Waals surface area (Å²) in [6.45, 7) is 5.98. The summed E-state index contributed by atoms with van der Waals surface area (Å²) in [5, 5.41) is 6.12. The van der Waals surface area contributed by atoms with Gasteiger partial charge in [-0.3, -0.25) is 14.5 Å². The first-order chi connectivity index (χ1) is 14.4. The number of nitrogens with zero attached hydrogens (tertiary/aromatic N) is 2. The van der Waals surface area contributed by atoms with Gasteiger partial charge in [0.1, 0.15) is 5.54 Å². The SMILES string of the molecule is Cc1ccccc1C(=O)NC1CCN(CN2C(=O)NC3(CCC(C)CC3)C2=O)CC1. The van der Waals surface area contributed by atoms with Crippen LogP contribution in [0.5, 0.6) is 0 Å². The minimum absolute atomic E-state index is 0.0332. The molecule has 0 unspecified atom stereocenters. The molecule has 2 saturated heterocycles. The van der Waals surface area contributed by atoms with E-state index < -0.39 is 5.54 Å². The van der Waals surface area contributed by atoms with Crippen molar-refractivity contribution in [1.82, 2.24) is 20.4 Å². The average molecular weight is 413 g/mol. The number of nitrogens with one attached hydrogen (secondary N) is 2. The molecule has 7 nitrogen and oxygen atoms in total. The van der Waals surface area contributed by atoms with Crippen LogP contribution in [0, 0.1) is 12.8 Å². The standard InChI is InChI=1S/C23H32N4O3/c1-16-7-11-23(12-8-16)21(29)27(22(30)25-23)15-26-13-9-18(10-14-26)24-20(28)19-6-4-3-5-17(19)2/h3-6,16,18H,7-15H2,1-2H3,(H,24,28)(H,25,30). The summed E-state index contributed by atoms with van der Waals surface area (Å²) >= 11 is 0. The van der Waals surface area contributed by atoms with Gasteiger partial charge in [-0.2, -0.15) is 0 Å². The van der Waals surface area contributed by atoms with Gasteiger partial charge in [-0.25, -0.2) is 9.69 Å². The molecule has 162 valence electrons. The Labute approximate surface area is 178 Å². The number of benzene rings is 1. The van der Waals surface area contributed by atoms with E-state index in [1.807, 2.05) is 31.2 Å². The van der Waals surface area contributed by atoms with E-state index in [-0.39, 0.29) is 23.9 Å². The van der Waals surface area contributed by atoms with E-state index in [4.69, 9.17) is 0 Å². The lowest BCUT2D eigenvalue weighted by atomic mass is 9.77. The van der Waals surface area contributed by atoms with Gasteiger partial charge < -0.3 is 10.6 Å². The molecule has 4 amide bonds. The van der Waals surface area contributed by atoms with Crippen molar-refractivity contribution in [2.45, 2.75) is 64.0 Å². The number of hydrogen-bond acceptors (Lipinski definition) is 4. The van der Waals surface area contributed by atoms with Crippen molar-refractivity contribution in [1.29, 1.82) is 0 Å². The van der Waals surface area contributed by atoms with Gasteiger partial charge in [-0.05, 0) is 63.0 Å². The number of rotatable bonds is 4. The summed E-state index contributed by atoms with van der Waals surface area (Å²) in [7, 11) is 0. The van der Waals surface area contributed by atoms with Crippen LogP contribution < -0.4 is 10.6 Å². The molecule has 1 aliphatic carbocycles. The van der Waals surface area contributed by atoms with Gasteiger partial charge in [0.05, 0.1) is 6.67 Å². The summed E-state index contributed by atoms with van der Waals surface area (Å²) in [6.07, 6.45) is 5.05. The normalized spacial score (nSPS) is 28.1. The number of piperidine rings is 1. The third-order valence-electron chi connectivity index (χ3n) is 7.03. The summed E-state index contributed by atoms with van der Waals surface area (Å²) in [5.41, 5.74) is 1.01. The van der Waals surface area contributed by atoms with Crippen molar-refractivity contribution < 1.29 is 14.4 Å². The molecule has 0 bridgehead atoms. The van der Waals surface area contributed by atoms with Gasteiger partial charge in [-0.1, -0.05) is 25.1 Å². The van der Waals surface area contributed by atoms with Crippen LogP contribution in [0.25, 0.3) is 0 Å². The number of aryl methyl sites for hydroxylation is 1. The van der Waals surface area contributed by atoms with Crippen molar-refractivity contribution in [2.75, 3.05) is 19.8 Å². The fourth-order valence-electron chi connectivity index (χ4n) is 4.91. The largest absolute Gasteiger partial charge is 0.349 e. The monoisotopic (exact) mass is 412 g/mol. The number of imide groups is 1. The molecular formula is C23H32N4O3. The molecule has 2 heterocycles. The zero-order chi connectivity index (χ0) is 21.3. The number of carbonyl (C=O) groups is 3. The number of amides is 4. The summed E-state index contributed by atoms with van der Waals surface area (Å²) in [6, 6.07) is 7.45. The van der Waals surface area contributed by atoms with Crippen molar-refractivity contribution >= 4 is 17.8 Å². The maximum atomic E-state index is 13.0. The zero-order valence-corrected chi connectivity index (χ0v) is 17.9. The molecule has 30 heavy (non-hydrogen) atoms. The van der Waals surface area contributed by atoms with Crippen LogP contribution >= 0.6 is 0 Å². The molecule has 0 aromatic heterocycles. The third-order valence-corrected chi connectivity index (χ3v) is 7.03. The maximum absolute atomic E-state index is 13.0. The highest BCUT2D eigenvalue weighted by Gasteiger charge is 2.52. The van der Waals surface area contributed by atoms with Crippen LogP contribution in [-0.4, -0.2) is 59.0 Å². The van der Waals surface area contributed by atoms with Crippen LogP contribution in [0.3, 0.4) is 0 Å². The van der Waals surface area contributed by atoms with Crippen molar-refractivity contribution in [3.05, 3.63) is 35.4 Å². The molecule has 7 heteroatoms. The van der Waals surface area contributed by atoms with E-state index in [1.165, 1.54) is 4.90 Å². The molecule has 4 rings (SSSR count). The first-order valence-electron chi connectivity index (χ1n) is 11.1. The molecule has 1 spiro atoms. The molecule has 3 fully saturated rings. The second-order valence-electron chi connectivity index (χ2n) is 9.25. The minimum atomic E-state index is -0.677. The van der Waals surface area contributed by atoms with Crippen LogP contribution in [0.2, 0.25) is 0 Å². The van der Waals surface area contributed by atoms with E-state index in [0.29, 0.717) is 18.2 Å². The Bertz CT molecular complexity index is 823. The second-order valence-corrected chi connectivity index (χ2v) is 9.25. The highest BCUT2D eigenvalue weighted by molar-refractivity contribution is 6.07. The Morgan fingerprint density at radius 1 is 1.13 bits per heavy atom. The lowest BCUT2D eigenvalue weighted by molar-refractivity contribution is -0.134. The second kappa shape index (κ2) is 8.38. The van der Waals surface area contributed by atoms with Gasteiger partial charge in [0.25, 0.3) is 11.8 Å². The van der Waals surface area contributed by atoms with Crippen LogP contribution in [-0.2, 0) is 4.79 Å². The zero-order valence-electron chi connectivity index (χ0n) is 17.9. The minimum Gasteiger partial charge on any atom is -0.349 e. The molecule has 0 radical (unpaired) electrons. The predicted molar refractivity (Wildman–Crippen MR) is 114 cm³/mol. The number of likely N-dealkylation sites (tertiary alicyclic amines) is 1. The Balaban J connectivity index is 1.29. The Morgan fingerprint density at radius 2 is 1.80 bits per heavy atom. The van der Waals surface area contributed by atoms with Gasteiger partial charge in [0, 0.05) is 24.7 Å². The lowest BCUT2D eigenvalue weighted by Gasteiger charge is -2.35. The molecule has 1 aromatic rings. The number of urea groups is 1. The molecule has 2 N–H and O–H groups in total. The predicted octanol–water partition coefficient (Wildman–Crippen LogP) is 2.65. The van der Waals surface area contributed by atoms with E-state index in [9.17, 15) is 14.4 Å². The number of carbonyl (C=O) groups excluding carboxylic acids is 3. The van der Waals surface area contributed by atoms with Gasteiger partial charge in [0.2, 0.25) is 0 Å². The maximum Gasteiger partial charge on any atom is 0.326 e. The summed E-state index contributed by atoms with van der Waals surface area (Å²) in [4.78, 5) is 41.6. The van der Waals surface area contributed by atoms with Gasteiger partial charge in [0.15, 0.2) is 0 Å². The Hall–Kier alpha value is -2.41. The Kier molecular flexibility index (Phi) is 5.82. The van der Waals surface area contributed by atoms with Crippen LogP contribution in [0.1, 0.15) is 61.4 Å². The van der Waals surface area contributed by atoms with E-state index >= 15 is 0 Å². The summed E-state index contributed by atoms with van der Waals surface area (Å²) < 4.78 is 0. The van der Waals surface area contributed by atoms with Gasteiger partial charge in [-0.15, -0.1) is 0 Å².